The van der Waals surface area contributed by atoms with Gasteiger partial charge in [-0.1, -0.05) is 60.1 Å². The molecule has 4 aliphatic heterocycles. The molecule has 30 heteroatoms. The van der Waals surface area contributed by atoms with E-state index in [2.05, 4.69) is 32.6 Å². The highest BCUT2D eigenvalue weighted by molar-refractivity contribution is 14.1. The van der Waals surface area contributed by atoms with Crippen molar-refractivity contribution >= 4 is 89.6 Å². The Morgan fingerprint density at radius 1 is 0.662 bits per heavy atom. The molecule has 0 saturated carbocycles. The maximum atomic E-state index is 13.2. The molecule has 16 atom stereocenters. The van der Waals surface area contributed by atoms with Crippen LogP contribution in [0.5, 0.6) is 0 Å². The first-order valence-corrected chi connectivity index (χ1v) is 34.1. The van der Waals surface area contributed by atoms with Crippen molar-refractivity contribution in [3.63, 3.8) is 0 Å². The normalized spacial score (nSPS) is 33.0. The number of ether oxygens (including phenoxy) is 4. The van der Waals surface area contributed by atoms with Gasteiger partial charge in [-0.25, -0.2) is 9.59 Å². The minimum atomic E-state index is -3.63. The molecule has 0 bridgehead atoms. The molecule has 0 amide bonds. The third-order valence-corrected chi connectivity index (χ3v) is 20.7. The number of halogens is 1. The summed E-state index contributed by atoms with van der Waals surface area (Å²) in [7, 11) is 4.71. The second-order valence-electron chi connectivity index (χ2n) is 17.3. The number of aryl methyl sites for hydroxylation is 2. The van der Waals surface area contributed by atoms with E-state index in [0.29, 0.717) is 28.4 Å². The van der Waals surface area contributed by atoms with Gasteiger partial charge >= 0.3 is 26.6 Å². The lowest BCUT2D eigenvalue weighted by atomic mass is 9.96. The number of aromatic amines is 2. The third kappa shape index (κ3) is 16.3. The van der Waals surface area contributed by atoms with E-state index in [4.69, 9.17) is 85.4 Å². The predicted molar refractivity (Wildman–Crippen MR) is 273 cm³/mol. The Hall–Kier alpha value is -0.460. The molecule has 0 spiro atoms. The van der Waals surface area contributed by atoms with Gasteiger partial charge in [-0.3, -0.25) is 37.8 Å². The van der Waals surface area contributed by atoms with Gasteiger partial charge in [-0.05, 0) is 52.3 Å². The van der Waals surface area contributed by atoms with Crippen LogP contribution in [0.3, 0.4) is 0 Å². The summed E-state index contributed by atoms with van der Waals surface area (Å²) >= 11 is 13.2. The van der Waals surface area contributed by atoms with E-state index in [1.54, 1.807) is 13.8 Å². The van der Waals surface area contributed by atoms with Gasteiger partial charge in [0.05, 0.1) is 62.9 Å². The van der Waals surface area contributed by atoms with Crippen molar-refractivity contribution in [1.82, 2.24) is 19.1 Å². The Kier molecular flexibility index (Phi) is 21.2. The van der Waals surface area contributed by atoms with Crippen molar-refractivity contribution in [1.29, 1.82) is 0 Å². The monoisotopic (exact) mass is 1180 g/mol. The summed E-state index contributed by atoms with van der Waals surface area (Å²) in [5.41, 5.74) is -1.46. The fraction of sp³-hybridized carbons (Fsp3) is 0.789. The molecular weight excluding hydrogens is 1120 g/mol. The van der Waals surface area contributed by atoms with E-state index in [0.717, 1.165) is 12.3 Å². The predicted octanol–water partition coefficient (Wildman–Crippen LogP) is 3.57. The van der Waals surface area contributed by atoms with Gasteiger partial charge in [0, 0.05) is 66.1 Å². The Morgan fingerprint density at radius 3 is 1.40 bits per heavy atom. The summed E-state index contributed by atoms with van der Waals surface area (Å²) in [6, 6.07) is -1.04. The minimum absolute atomic E-state index is 0.0182. The molecule has 2 aromatic heterocycles. The smallest absolute Gasteiger partial charge is 0.330 e. The topological polar surface area (TPSA) is 256 Å². The van der Waals surface area contributed by atoms with Crippen molar-refractivity contribution in [2.75, 3.05) is 63.2 Å². The number of nitrogens with one attached hydrogen (secondary N) is 2. The number of hydrogen-bond acceptors (Lipinski definition) is 19. The highest BCUT2D eigenvalue weighted by Gasteiger charge is 2.44. The lowest BCUT2D eigenvalue weighted by Gasteiger charge is -2.26. The van der Waals surface area contributed by atoms with E-state index in [1.807, 2.05) is 27.2 Å². The summed E-state index contributed by atoms with van der Waals surface area (Å²) in [5, 5.41) is 9.73. The highest BCUT2D eigenvalue weighted by atomic mass is 127. The molecule has 0 aliphatic carbocycles. The molecular formula is C38H61B2IN4O17P4S2. The van der Waals surface area contributed by atoms with Crippen molar-refractivity contribution in [3.05, 3.63) is 65.2 Å². The summed E-state index contributed by atoms with van der Waals surface area (Å²) in [4.78, 5) is 52.2. The summed E-state index contributed by atoms with van der Waals surface area (Å²) in [6.45, 7) is 13.1. The van der Waals surface area contributed by atoms with Crippen LogP contribution in [0, 0.1) is 13.8 Å². The SMILES string of the molecule is [B]C1CC(OP(C)(=S)CC)C(COP(C)(=O)OC2CC(n3cc(C)c(=O)[nH]c3=O)OC2CI)O1.[B]C1CC(OP(C)(=S)CC)C(COP(C)(=O)OC2CC(n3cc(C)c(=O)[nH]c3=O)OC2CO)O1. The van der Waals surface area contributed by atoms with Crippen LogP contribution in [-0.2, 0) is 78.8 Å². The van der Waals surface area contributed by atoms with Crippen molar-refractivity contribution in [2.45, 2.75) is 127 Å². The highest BCUT2D eigenvalue weighted by Crippen LogP contribution is 2.52. The number of H-pyrrole nitrogens is 2. The maximum Gasteiger partial charge on any atom is 0.330 e. The van der Waals surface area contributed by atoms with E-state index < -0.39 is 118 Å². The molecule has 4 saturated heterocycles. The van der Waals surface area contributed by atoms with E-state index in [1.165, 1.54) is 34.9 Å². The Labute approximate surface area is 421 Å². The van der Waals surface area contributed by atoms with Crippen LogP contribution in [0.25, 0.3) is 0 Å². The first-order chi connectivity index (χ1) is 31.7. The Balaban J connectivity index is 0.000000254. The lowest BCUT2D eigenvalue weighted by Crippen LogP contribution is -2.33. The number of rotatable bonds is 20. The van der Waals surface area contributed by atoms with Gasteiger partial charge < -0.3 is 51.2 Å². The van der Waals surface area contributed by atoms with Gasteiger partial charge in [0.2, 0.25) is 0 Å². The largest absolute Gasteiger partial charge is 0.394 e. The number of aliphatic hydroxyl groups excluding tert-OH is 1. The zero-order valence-electron chi connectivity index (χ0n) is 39.2. The average molecular weight is 1180 g/mol. The van der Waals surface area contributed by atoms with Crippen LogP contribution in [0.4, 0.5) is 0 Å². The second-order valence-corrected chi connectivity index (χ2v) is 32.6. The second kappa shape index (κ2) is 24.7. The van der Waals surface area contributed by atoms with Gasteiger partial charge in [0.15, 0.2) is 0 Å². The Bertz CT molecular complexity index is 2340. The number of hydrogen-bond donors (Lipinski definition) is 3. The first-order valence-electron chi connectivity index (χ1n) is 21.9. The molecule has 2 aromatic rings. The molecule has 4 radical (unpaired) electrons. The fourth-order valence-corrected chi connectivity index (χ4v) is 13.3. The number of alkyl halides is 1. The molecule has 6 heterocycles. The zero-order chi connectivity index (χ0) is 50.5. The maximum absolute atomic E-state index is 13.2. The molecule has 21 nitrogen and oxygen atoms in total. The van der Waals surface area contributed by atoms with E-state index in [9.17, 15) is 33.4 Å². The van der Waals surface area contributed by atoms with E-state index in [-0.39, 0.29) is 38.3 Å². The minimum Gasteiger partial charge on any atom is -0.394 e. The fourth-order valence-electron chi connectivity index (χ4n) is 7.57. The molecule has 6 rings (SSSR count). The summed E-state index contributed by atoms with van der Waals surface area (Å²) in [6.07, 6.45) is -4.21. The summed E-state index contributed by atoms with van der Waals surface area (Å²) < 4.78 is 87.4. The average Bonchev–Trinajstić information content (AvgIpc) is 4.03. The van der Waals surface area contributed by atoms with Crippen molar-refractivity contribution in [2.24, 2.45) is 0 Å². The van der Waals surface area contributed by atoms with Gasteiger partial charge in [-0.2, -0.15) is 0 Å². The molecule has 380 valence electrons. The number of aliphatic hydroxyl groups is 1. The molecule has 68 heavy (non-hydrogen) atoms. The van der Waals surface area contributed by atoms with Crippen LogP contribution in [0.15, 0.2) is 31.6 Å². The van der Waals surface area contributed by atoms with Gasteiger partial charge in [-0.15, -0.1) is 0 Å². The molecule has 4 fully saturated rings. The standard InChI is InChI=1S/C19H30BIN2O8P2S.C19H31BN2O9P2S/c1-5-32(3,34)30-12-6-16(20)28-15(12)10-27-33(4,26)31-13-7-17(29-14(13)8-21)23-9-11(2)18(24)22-19(23)25;1-5-32(3,34)30-12-6-16(20)28-15(12)10-27-33(4,26)31-13-7-17(29-14(13)9-23)22-8-11(2)18(24)21-19(22)25/h9,12-17H,5-8,10H2,1-4H3,(H,22,24,25);8,12-17,23H,5-7,9-10H2,1-4H3,(H,21,24,25). The molecule has 0 aromatic carbocycles. The van der Waals surface area contributed by atoms with Crippen LogP contribution in [0.1, 0.15) is 63.1 Å². The summed E-state index contributed by atoms with van der Waals surface area (Å²) in [5.74, 6) is 0. The van der Waals surface area contributed by atoms with Crippen molar-refractivity contribution < 1.29 is 60.3 Å². The first kappa shape index (κ1) is 58.4. The van der Waals surface area contributed by atoms with Crippen LogP contribution in [0.2, 0.25) is 0 Å². The van der Waals surface area contributed by atoms with Crippen LogP contribution < -0.4 is 22.5 Å². The molecule has 16 unspecified atom stereocenters. The number of aromatic nitrogens is 4. The quantitative estimate of drug-likeness (QED) is 0.0741. The van der Waals surface area contributed by atoms with Crippen LogP contribution >= 0.6 is 50.3 Å². The van der Waals surface area contributed by atoms with Crippen molar-refractivity contribution in [3.8, 4) is 0 Å². The van der Waals surface area contributed by atoms with E-state index >= 15 is 0 Å². The lowest BCUT2D eigenvalue weighted by molar-refractivity contribution is -0.0452. The third-order valence-electron chi connectivity index (χ3n) is 11.5. The van der Waals surface area contributed by atoms with Crippen LogP contribution in [-0.4, -0.2) is 164 Å². The van der Waals surface area contributed by atoms with Gasteiger partial charge in [0.1, 0.15) is 46.5 Å². The molecule has 4 aliphatic rings. The zero-order valence-corrected chi connectivity index (χ0v) is 46.5. The number of nitrogens with zero attached hydrogens (tertiary/aromatic N) is 2. The van der Waals surface area contributed by atoms with Gasteiger partial charge in [0.25, 0.3) is 11.1 Å². The molecule has 3 N–H and O–H groups in total. The Morgan fingerprint density at radius 2 is 1.03 bits per heavy atom.